The van der Waals surface area contributed by atoms with Crippen LogP contribution in [0.4, 0.5) is 0 Å². The van der Waals surface area contributed by atoms with Gasteiger partial charge in [0.05, 0.1) is 26.2 Å². The van der Waals surface area contributed by atoms with E-state index in [2.05, 4.69) is 10.2 Å². The van der Waals surface area contributed by atoms with Crippen molar-refractivity contribution in [3.05, 3.63) is 29.8 Å². The van der Waals surface area contributed by atoms with E-state index in [0.29, 0.717) is 45.2 Å². The third-order valence-corrected chi connectivity index (χ3v) is 6.90. The number of esters is 1. The van der Waals surface area contributed by atoms with Crippen LogP contribution in [0.1, 0.15) is 51.0 Å². The Hall–Kier alpha value is -2.61. The van der Waals surface area contributed by atoms with Crippen molar-refractivity contribution in [2.75, 3.05) is 46.4 Å². The molecular formula is C26H39N3O5. The van der Waals surface area contributed by atoms with Gasteiger partial charge < -0.3 is 19.7 Å². The molecule has 8 nitrogen and oxygen atoms in total. The molecule has 1 aromatic carbocycles. The maximum absolute atomic E-state index is 13.3. The molecule has 1 saturated heterocycles. The molecule has 2 fully saturated rings. The van der Waals surface area contributed by atoms with Gasteiger partial charge in [0.25, 0.3) is 0 Å². The van der Waals surface area contributed by atoms with Gasteiger partial charge >= 0.3 is 5.97 Å². The monoisotopic (exact) mass is 473 g/mol. The van der Waals surface area contributed by atoms with Crippen LogP contribution >= 0.6 is 0 Å². The van der Waals surface area contributed by atoms with Gasteiger partial charge in [-0.3, -0.25) is 19.3 Å². The lowest BCUT2D eigenvalue weighted by Gasteiger charge is -2.40. The van der Waals surface area contributed by atoms with Crippen molar-refractivity contribution < 1.29 is 23.9 Å². The summed E-state index contributed by atoms with van der Waals surface area (Å²) in [4.78, 5) is 41.4. The number of hydrogen-bond donors (Lipinski definition) is 1. The Morgan fingerprint density at radius 3 is 2.32 bits per heavy atom. The van der Waals surface area contributed by atoms with Crippen molar-refractivity contribution in [3.8, 4) is 5.75 Å². The first-order chi connectivity index (χ1) is 16.5. The van der Waals surface area contributed by atoms with Crippen LogP contribution in [0.3, 0.4) is 0 Å². The molecule has 0 bridgehead atoms. The van der Waals surface area contributed by atoms with Gasteiger partial charge in [-0.1, -0.05) is 25.0 Å². The van der Waals surface area contributed by atoms with E-state index in [1.807, 2.05) is 29.2 Å². The Labute approximate surface area is 202 Å². The molecule has 34 heavy (non-hydrogen) atoms. The molecule has 1 heterocycles. The standard InChI is InChI=1S/C26H39N3O5/c1-3-34-24(31)13-12-23(30)28-16-18-29(19-17-28)25(21-6-4-5-7-21)26(32)27-15-14-20-8-10-22(33-2)11-9-20/h8-11,21,25H,3-7,12-19H2,1-2H3,(H,27,32). The minimum absolute atomic E-state index is 0.0194. The Morgan fingerprint density at radius 1 is 1.03 bits per heavy atom. The highest BCUT2D eigenvalue weighted by Gasteiger charge is 2.37. The molecule has 0 radical (unpaired) electrons. The van der Waals surface area contributed by atoms with Gasteiger partial charge in [0.1, 0.15) is 5.75 Å². The largest absolute Gasteiger partial charge is 0.497 e. The quantitative estimate of drug-likeness (QED) is 0.497. The van der Waals surface area contributed by atoms with Gasteiger partial charge in [-0.2, -0.15) is 0 Å². The van der Waals surface area contributed by atoms with E-state index in [9.17, 15) is 14.4 Å². The summed E-state index contributed by atoms with van der Waals surface area (Å²) in [5, 5.41) is 3.17. The van der Waals surface area contributed by atoms with Crippen molar-refractivity contribution in [1.29, 1.82) is 0 Å². The summed E-state index contributed by atoms with van der Waals surface area (Å²) < 4.78 is 10.1. The molecule has 1 aromatic rings. The zero-order valence-electron chi connectivity index (χ0n) is 20.6. The summed E-state index contributed by atoms with van der Waals surface area (Å²) >= 11 is 0. The zero-order chi connectivity index (χ0) is 24.3. The summed E-state index contributed by atoms with van der Waals surface area (Å²) in [5.74, 6) is 0.943. The second kappa shape index (κ2) is 13.3. The molecule has 1 atom stereocenters. The minimum atomic E-state index is -0.331. The number of nitrogens with one attached hydrogen (secondary N) is 1. The van der Waals surface area contributed by atoms with Gasteiger partial charge in [0.2, 0.25) is 11.8 Å². The average Bonchev–Trinajstić information content (AvgIpc) is 3.38. The van der Waals surface area contributed by atoms with Crippen molar-refractivity contribution in [2.24, 2.45) is 5.92 Å². The maximum Gasteiger partial charge on any atom is 0.306 e. The summed E-state index contributed by atoms with van der Waals surface area (Å²) in [6, 6.07) is 7.78. The lowest BCUT2D eigenvalue weighted by atomic mass is 9.95. The van der Waals surface area contributed by atoms with E-state index >= 15 is 0 Å². The number of methoxy groups -OCH3 is 1. The maximum atomic E-state index is 13.3. The number of hydrogen-bond acceptors (Lipinski definition) is 6. The Balaban J connectivity index is 1.50. The van der Waals surface area contributed by atoms with Gasteiger partial charge in [-0.25, -0.2) is 0 Å². The summed E-state index contributed by atoms with van der Waals surface area (Å²) in [7, 11) is 1.65. The summed E-state index contributed by atoms with van der Waals surface area (Å²) in [5.41, 5.74) is 1.16. The molecule has 1 aliphatic carbocycles. The molecule has 8 heteroatoms. The molecule has 1 unspecified atom stereocenters. The first-order valence-electron chi connectivity index (χ1n) is 12.6. The van der Waals surface area contributed by atoms with Gasteiger partial charge in [-0.15, -0.1) is 0 Å². The fourth-order valence-electron chi connectivity index (χ4n) is 5.03. The van der Waals surface area contributed by atoms with Crippen LogP contribution in [-0.2, 0) is 25.5 Å². The van der Waals surface area contributed by atoms with E-state index in [1.165, 1.54) is 12.8 Å². The lowest BCUT2D eigenvalue weighted by molar-refractivity contribution is -0.146. The highest BCUT2D eigenvalue weighted by atomic mass is 16.5. The highest BCUT2D eigenvalue weighted by molar-refractivity contribution is 5.83. The topological polar surface area (TPSA) is 88.2 Å². The molecule has 3 rings (SSSR count). The number of carbonyl (C=O) groups is 3. The van der Waals surface area contributed by atoms with Crippen LogP contribution in [0.2, 0.25) is 0 Å². The van der Waals surface area contributed by atoms with E-state index in [0.717, 1.165) is 30.6 Å². The van der Waals surface area contributed by atoms with Gasteiger partial charge in [0.15, 0.2) is 0 Å². The fourth-order valence-corrected chi connectivity index (χ4v) is 5.03. The third-order valence-electron chi connectivity index (χ3n) is 6.90. The van der Waals surface area contributed by atoms with Crippen LogP contribution < -0.4 is 10.1 Å². The molecule has 0 aromatic heterocycles. The molecular weight excluding hydrogens is 434 g/mol. The van der Waals surface area contributed by atoms with Crippen LogP contribution in [0, 0.1) is 5.92 Å². The Bertz CT molecular complexity index is 799. The Morgan fingerprint density at radius 2 is 1.71 bits per heavy atom. The summed E-state index contributed by atoms with van der Waals surface area (Å²) in [6.07, 6.45) is 5.57. The Kier molecular flexibility index (Phi) is 10.2. The molecule has 1 saturated carbocycles. The van der Waals surface area contributed by atoms with Crippen LogP contribution in [-0.4, -0.2) is 80.1 Å². The highest BCUT2D eigenvalue weighted by Crippen LogP contribution is 2.31. The number of nitrogens with zero attached hydrogens (tertiary/aromatic N) is 2. The number of rotatable bonds is 11. The number of carbonyl (C=O) groups excluding carboxylic acids is 3. The summed E-state index contributed by atoms with van der Waals surface area (Å²) in [6.45, 7) is 5.22. The molecule has 0 spiro atoms. The zero-order valence-corrected chi connectivity index (χ0v) is 20.6. The van der Waals surface area contributed by atoms with Crippen LogP contribution in [0.5, 0.6) is 5.75 Å². The number of amides is 2. The smallest absolute Gasteiger partial charge is 0.306 e. The van der Waals surface area contributed by atoms with Crippen LogP contribution in [0.15, 0.2) is 24.3 Å². The van der Waals surface area contributed by atoms with E-state index in [4.69, 9.17) is 9.47 Å². The fraction of sp³-hybridized carbons (Fsp3) is 0.654. The molecule has 1 N–H and O–H groups in total. The first kappa shape index (κ1) is 26.0. The van der Waals surface area contributed by atoms with E-state index in [1.54, 1.807) is 14.0 Å². The average molecular weight is 474 g/mol. The minimum Gasteiger partial charge on any atom is -0.497 e. The van der Waals surface area contributed by atoms with Gasteiger partial charge in [-0.05, 0) is 49.8 Å². The second-order valence-corrected chi connectivity index (χ2v) is 9.10. The molecule has 1 aliphatic heterocycles. The third kappa shape index (κ3) is 7.45. The number of piperazine rings is 1. The first-order valence-corrected chi connectivity index (χ1v) is 12.6. The molecule has 2 aliphatic rings. The normalized spacial score (nSPS) is 17.9. The molecule has 188 valence electrons. The van der Waals surface area contributed by atoms with Gasteiger partial charge in [0, 0.05) is 39.1 Å². The van der Waals surface area contributed by atoms with E-state index in [-0.39, 0.29) is 36.7 Å². The van der Waals surface area contributed by atoms with Crippen molar-refractivity contribution in [3.63, 3.8) is 0 Å². The van der Waals surface area contributed by atoms with E-state index < -0.39 is 0 Å². The molecule has 2 amide bonds. The van der Waals surface area contributed by atoms with Crippen molar-refractivity contribution >= 4 is 17.8 Å². The van der Waals surface area contributed by atoms with Crippen LogP contribution in [0.25, 0.3) is 0 Å². The predicted octanol–water partition coefficient (Wildman–Crippen LogP) is 2.40. The second-order valence-electron chi connectivity index (χ2n) is 9.10. The number of ether oxygens (including phenoxy) is 2. The predicted molar refractivity (Wildman–Crippen MR) is 129 cm³/mol. The SMILES string of the molecule is CCOC(=O)CCC(=O)N1CCN(C(C(=O)NCCc2ccc(OC)cc2)C2CCCC2)CC1. The van der Waals surface area contributed by atoms with Crippen molar-refractivity contribution in [1.82, 2.24) is 15.1 Å². The number of benzene rings is 1. The van der Waals surface area contributed by atoms with Crippen molar-refractivity contribution in [2.45, 2.75) is 57.9 Å². The lowest BCUT2D eigenvalue weighted by Crippen LogP contribution is -2.58.